The van der Waals surface area contributed by atoms with Crippen molar-refractivity contribution >= 4 is 40.2 Å². The van der Waals surface area contributed by atoms with E-state index in [-0.39, 0.29) is 5.91 Å². The summed E-state index contributed by atoms with van der Waals surface area (Å²) in [6.07, 6.45) is 1.27. The first-order valence-corrected chi connectivity index (χ1v) is 8.47. The van der Waals surface area contributed by atoms with E-state index in [0.29, 0.717) is 25.4 Å². The van der Waals surface area contributed by atoms with Crippen LogP contribution < -0.4 is 0 Å². The number of alkyl halides is 1. The highest BCUT2D eigenvalue weighted by atomic mass is 35.5. The Kier molecular flexibility index (Phi) is 5.89. The number of carbonyl (C=O) groups excluding carboxylic acids is 1. The molecule has 1 amide bonds. The highest BCUT2D eigenvalue weighted by Crippen LogP contribution is 2.18. The van der Waals surface area contributed by atoms with E-state index in [1.807, 2.05) is 27.8 Å². The second-order valence-electron chi connectivity index (χ2n) is 4.20. The van der Waals surface area contributed by atoms with Crippen LogP contribution in [0.5, 0.6) is 0 Å². The molecule has 5 heteroatoms. The van der Waals surface area contributed by atoms with Gasteiger partial charge in [0.05, 0.1) is 13.1 Å². The Morgan fingerprint density at radius 2 is 1.68 bits per heavy atom. The quantitative estimate of drug-likeness (QED) is 0.696. The minimum Gasteiger partial charge on any atom is -0.332 e. The van der Waals surface area contributed by atoms with Gasteiger partial charge in [0.15, 0.2) is 0 Å². The maximum absolute atomic E-state index is 12.2. The topological polar surface area (TPSA) is 20.3 Å². The third-order valence-electron chi connectivity index (χ3n) is 2.73. The molecule has 2 rings (SSSR count). The number of halogens is 1. The van der Waals surface area contributed by atoms with Gasteiger partial charge in [-0.2, -0.15) is 0 Å². The van der Waals surface area contributed by atoms with Gasteiger partial charge in [-0.25, -0.2) is 0 Å². The Morgan fingerprint density at radius 3 is 2.11 bits per heavy atom. The van der Waals surface area contributed by atoms with Gasteiger partial charge in [0.25, 0.3) is 0 Å². The number of amides is 1. The lowest BCUT2D eigenvalue weighted by molar-refractivity contribution is -0.132. The van der Waals surface area contributed by atoms with Crippen molar-refractivity contribution in [2.24, 2.45) is 0 Å². The maximum Gasteiger partial charge on any atom is 0.223 e. The smallest absolute Gasteiger partial charge is 0.223 e. The van der Waals surface area contributed by atoms with Gasteiger partial charge in [-0.3, -0.25) is 4.79 Å². The summed E-state index contributed by atoms with van der Waals surface area (Å²) < 4.78 is 0. The summed E-state index contributed by atoms with van der Waals surface area (Å²) in [4.78, 5) is 16.6. The Balaban J connectivity index is 2.01. The average molecular weight is 314 g/mol. The van der Waals surface area contributed by atoms with Gasteiger partial charge in [0.2, 0.25) is 5.91 Å². The molecule has 0 bridgehead atoms. The van der Waals surface area contributed by atoms with Crippen molar-refractivity contribution in [3.63, 3.8) is 0 Å². The largest absolute Gasteiger partial charge is 0.332 e. The lowest BCUT2D eigenvalue weighted by Crippen LogP contribution is -2.29. The van der Waals surface area contributed by atoms with Crippen molar-refractivity contribution < 1.29 is 4.79 Å². The van der Waals surface area contributed by atoms with E-state index in [1.165, 1.54) is 9.75 Å². The van der Waals surface area contributed by atoms with Crippen LogP contribution in [0.2, 0.25) is 0 Å². The first-order chi connectivity index (χ1) is 9.29. The first kappa shape index (κ1) is 14.6. The molecule has 0 saturated carbocycles. The molecule has 0 aromatic carbocycles. The normalized spacial score (nSPS) is 10.6. The van der Waals surface area contributed by atoms with Crippen molar-refractivity contribution in [3.05, 3.63) is 44.8 Å². The molecular formula is C14H16ClNOS2. The number of hydrogen-bond donors (Lipinski definition) is 0. The summed E-state index contributed by atoms with van der Waals surface area (Å²) in [6, 6.07) is 8.18. The van der Waals surface area contributed by atoms with Crippen LogP contribution in [0.25, 0.3) is 0 Å². The van der Waals surface area contributed by atoms with E-state index in [4.69, 9.17) is 11.6 Å². The molecule has 2 aromatic rings. The average Bonchev–Trinajstić information content (AvgIpc) is 3.08. The van der Waals surface area contributed by atoms with E-state index in [0.717, 1.165) is 6.42 Å². The van der Waals surface area contributed by atoms with Crippen molar-refractivity contribution in [2.75, 3.05) is 5.88 Å². The van der Waals surface area contributed by atoms with Gasteiger partial charge in [-0.1, -0.05) is 12.1 Å². The number of hydrogen-bond acceptors (Lipinski definition) is 3. The predicted molar refractivity (Wildman–Crippen MR) is 82.8 cm³/mol. The molecule has 0 spiro atoms. The minimum absolute atomic E-state index is 0.183. The molecule has 0 aliphatic rings. The Morgan fingerprint density at radius 1 is 1.11 bits per heavy atom. The SMILES string of the molecule is O=C(CCCCl)N(Cc1cccs1)Cc1cccs1. The van der Waals surface area contributed by atoms with Crippen LogP contribution in [0.1, 0.15) is 22.6 Å². The highest BCUT2D eigenvalue weighted by molar-refractivity contribution is 7.10. The zero-order valence-electron chi connectivity index (χ0n) is 10.5. The summed E-state index contributed by atoms with van der Waals surface area (Å²) in [5.41, 5.74) is 0. The molecule has 2 aromatic heterocycles. The molecule has 0 fully saturated rings. The highest BCUT2D eigenvalue weighted by Gasteiger charge is 2.15. The van der Waals surface area contributed by atoms with Crippen LogP contribution in [0, 0.1) is 0 Å². The summed E-state index contributed by atoms with van der Waals surface area (Å²) in [5, 5.41) is 4.09. The third-order valence-corrected chi connectivity index (χ3v) is 4.72. The molecule has 0 aliphatic carbocycles. The second kappa shape index (κ2) is 7.68. The van der Waals surface area contributed by atoms with E-state index in [9.17, 15) is 4.79 Å². The summed E-state index contributed by atoms with van der Waals surface area (Å²) >= 11 is 9.05. The fourth-order valence-corrected chi connectivity index (χ4v) is 3.36. The number of carbonyl (C=O) groups is 1. The molecule has 0 unspecified atom stereocenters. The zero-order valence-corrected chi connectivity index (χ0v) is 12.9. The molecule has 19 heavy (non-hydrogen) atoms. The molecule has 0 radical (unpaired) electrons. The third kappa shape index (κ3) is 4.64. The first-order valence-electron chi connectivity index (χ1n) is 6.18. The van der Waals surface area contributed by atoms with Crippen molar-refractivity contribution in [1.82, 2.24) is 4.90 Å². The van der Waals surface area contributed by atoms with Crippen LogP contribution in [0.4, 0.5) is 0 Å². The van der Waals surface area contributed by atoms with E-state index in [2.05, 4.69) is 12.1 Å². The fraction of sp³-hybridized carbons (Fsp3) is 0.357. The Labute approximate surface area is 126 Å². The Hall–Kier alpha value is -0.840. The van der Waals surface area contributed by atoms with Crippen LogP contribution in [0.15, 0.2) is 35.0 Å². The Bertz CT molecular complexity index is 445. The molecule has 2 nitrogen and oxygen atoms in total. The van der Waals surface area contributed by atoms with E-state index in [1.54, 1.807) is 22.7 Å². The summed E-state index contributed by atoms with van der Waals surface area (Å²) in [6.45, 7) is 1.38. The fourth-order valence-electron chi connectivity index (χ4n) is 1.79. The van der Waals surface area contributed by atoms with Gasteiger partial charge < -0.3 is 4.90 Å². The zero-order chi connectivity index (χ0) is 13.5. The molecule has 0 N–H and O–H groups in total. The summed E-state index contributed by atoms with van der Waals surface area (Å²) in [5.74, 6) is 0.722. The number of thiophene rings is 2. The second-order valence-corrected chi connectivity index (χ2v) is 6.64. The van der Waals surface area contributed by atoms with E-state index >= 15 is 0 Å². The molecule has 102 valence electrons. The standard InChI is InChI=1S/C14H16ClNOS2/c15-7-1-6-14(17)16(10-12-4-2-8-18-12)11-13-5-3-9-19-13/h2-5,8-9H,1,6-7,10-11H2. The van der Waals surface area contributed by atoms with Gasteiger partial charge in [-0.15, -0.1) is 34.3 Å². The lowest BCUT2D eigenvalue weighted by atomic mass is 10.2. The summed E-state index contributed by atoms with van der Waals surface area (Å²) in [7, 11) is 0. The number of rotatable bonds is 7. The van der Waals surface area contributed by atoms with Crippen molar-refractivity contribution in [1.29, 1.82) is 0 Å². The van der Waals surface area contributed by atoms with Crippen LogP contribution >= 0.6 is 34.3 Å². The van der Waals surface area contributed by atoms with Gasteiger partial charge >= 0.3 is 0 Å². The predicted octanol–water partition coefficient (Wildman–Crippen LogP) is 4.36. The van der Waals surface area contributed by atoms with Crippen molar-refractivity contribution in [3.8, 4) is 0 Å². The van der Waals surface area contributed by atoms with Gasteiger partial charge in [-0.05, 0) is 29.3 Å². The minimum atomic E-state index is 0.183. The van der Waals surface area contributed by atoms with E-state index < -0.39 is 0 Å². The van der Waals surface area contributed by atoms with Crippen molar-refractivity contribution in [2.45, 2.75) is 25.9 Å². The maximum atomic E-state index is 12.2. The molecule has 0 saturated heterocycles. The molecular weight excluding hydrogens is 298 g/mol. The molecule has 0 atom stereocenters. The van der Waals surface area contributed by atoms with Gasteiger partial charge in [0.1, 0.15) is 0 Å². The number of nitrogens with zero attached hydrogens (tertiary/aromatic N) is 1. The molecule has 0 aliphatic heterocycles. The van der Waals surface area contributed by atoms with Gasteiger partial charge in [0, 0.05) is 22.1 Å². The monoisotopic (exact) mass is 313 g/mol. The van der Waals surface area contributed by atoms with Crippen LogP contribution in [-0.2, 0) is 17.9 Å². The van der Waals surface area contributed by atoms with Crippen LogP contribution in [0.3, 0.4) is 0 Å². The molecule has 2 heterocycles. The lowest BCUT2D eigenvalue weighted by Gasteiger charge is -2.21. The van der Waals surface area contributed by atoms with Crippen LogP contribution in [-0.4, -0.2) is 16.7 Å².